The molecule has 6 nitrogen and oxygen atoms in total. The number of rotatable bonds is 4. The van der Waals surface area contributed by atoms with E-state index in [1.54, 1.807) is 6.07 Å². The van der Waals surface area contributed by atoms with Gasteiger partial charge in [-0.3, -0.25) is 20.4 Å². The van der Waals surface area contributed by atoms with Gasteiger partial charge in [-0.2, -0.15) is 0 Å². The number of nitrogens with one attached hydrogen (secondary N) is 2. The number of amides is 2. The molecule has 0 heterocycles. The van der Waals surface area contributed by atoms with Crippen LogP contribution in [0.25, 0.3) is 0 Å². The largest absolute Gasteiger partial charge is 0.273 e. The van der Waals surface area contributed by atoms with Gasteiger partial charge in [0.05, 0.1) is 11.3 Å². The number of carbonyl (C=O) groups excluding carboxylic acids is 2. The molecule has 2 aromatic carbocycles. The molecule has 126 valence electrons. The molecule has 0 aliphatic rings. The first-order chi connectivity index (χ1) is 11.3. The van der Waals surface area contributed by atoms with Crippen molar-refractivity contribution in [1.82, 2.24) is 10.9 Å². The first kappa shape index (κ1) is 17.6. The van der Waals surface area contributed by atoms with Crippen molar-refractivity contribution >= 4 is 21.7 Å². The second-order valence-corrected chi connectivity index (χ2v) is 7.12. The Morgan fingerprint density at radius 2 is 1.71 bits per heavy atom. The molecule has 0 aliphatic carbocycles. The van der Waals surface area contributed by atoms with Crippen molar-refractivity contribution in [3.63, 3.8) is 0 Å². The molecule has 0 bridgehead atoms. The van der Waals surface area contributed by atoms with E-state index in [1.165, 1.54) is 42.5 Å². The Kier molecular flexibility index (Phi) is 5.30. The average Bonchev–Trinajstić information content (AvgIpc) is 2.52. The molecule has 2 amide bonds. The van der Waals surface area contributed by atoms with E-state index in [2.05, 4.69) is 10.9 Å². The molecule has 2 N–H and O–H groups in total. The Morgan fingerprint density at radius 3 is 2.29 bits per heavy atom. The van der Waals surface area contributed by atoms with Crippen molar-refractivity contribution in [2.75, 3.05) is 6.26 Å². The molecule has 24 heavy (non-hydrogen) atoms. The molecule has 0 saturated carbocycles. The molecule has 0 fully saturated rings. The van der Waals surface area contributed by atoms with Gasteiger partial charge in [0.2, 0.25) is 5.91 Å². The van der Waals surface area contributed by atoms with Crippen molar-refractivity contribution in [3.8, 4) is 0 Å². The molecule has 2 rings (SSSR count). The maximum absolute atomic E-state index is 13.0. The highest BCUT2D eigenvalue weighted by Gasteiger charge is 2.11. The van der Waals surface area contributed by atoms with Crippen LogP contribution in [0.2, 0.25) is 0 Å². The summed E-state index contributed by atoms with van der Waals surface area (Å²) in [6.07, 6.45) is 0.972. The summed E-state index contributed by atoms with van der Waals surface area (Å²) in [5.74, 6) is -1.56. The van der Waals surface area contributed by atoms with Gasteiger partial charge in [0.15, 0.2) is 9.84 Å². The second kappa shape index (κ2) is 7.22. The predicted octanol–water partition coefficient (Wildman–Crippen LogP) is 1.23. The first-order valence-electron chi connectivity index (χ1n) is 6.89. The van der Waals surface area contributed by atoms with Gasteiger partial charge >= 0.3 is 0 Å². The van der Waals surface area contributed by atoms with E-state index in [4.69, 9.17) is 0 Å². The lowest BCUT2D eigenvalue weighted by Gasteiger charge is -2.08. The van der Waals surface area contributed by atoms with E-state index >= 15 is 0 Å². The van der Waals surface area contributed by atoms with Crippen LogP contribution in [-0.2, 0) is 21.1 Å². The van der Waals surface area contributed by atoms with E-state index in [-0.39, 0.29) is 16.9 Å². The summed E-state index contributed by atoms with van der Waals surface area (Å²) in [6, 6.07) is 10.9. The van der Waals surface area contributed by atoms with Gasteiger partial charge in [0.1, 0.15) is 5.82 Å². The minimum absolute atomic E-state index is 0.0918. The van der Waals surface area contributed by atoms with Crippen LogP contribution in [0.3, 0.4) is 0 Å². The lowest BCUT2D eigenvalue weighted by molar-refractivity contribution is -0.121. The maximum Gasteiger partial charge on any atom is 0.269 e. The van der Waals surface area contributed by atoms with Crippen LogP contribution in [-0.4, -0.2) is 26.5 Å². The van der Waals surface area contributed by atoms with E-state index < -0.39 is 27.5 Å². The van der Waals surface area contributed by atoms with Crippen molar-refractivity contribution in [2.45, 2.75) is 11.3 Å². The average molecular weight is 350 g/mol. The predicted molar refractivity (Wildman–Crippen MR) is 85.3 cm³/mol. The quantitative estimate of drug-likeness (QED) is 0.812. The Balaban J connectivity index is 1.92. The molecule has 0 radical (unpaired) electrons. The normalized spacial score (nSPS) is 10.9. The number of halogens is 1. The third kappa shape index (κ3) is 4.88. The fraction of sp³-hybridized carbons (Fsp3) is 0.125. The molecule has 8 heteroatoms. The summed E-state index contributed by atoms with van der Waals surface area (Å²) < 4.78 is 35.7. The smallest absolute Gasteiger partial charge is 0.269 e. The fourth-order valence-corrected chi connectivity index (χ4v) is 2.56. The Bertz CT molecular complexity index is 864. The van der Waals surface area contributed by atoms with Gasteiger partial charge in [-0.15, -0.1) is 0 Å². The highest BCUT2D eigenvalue weighted by atomic mass is 32.2. The summed E-state index contributed by atoms with van der Waals surface area (Å²) in [7, 11) is -3.34. The third-order valence-electron chi connectivity index (χ3n) is 3.11. The molecule has 0 spiro atoms. The van der Waals surface area contributed by atoms with Crippen molar-refractivity contribution < 1.29 is 22.4 Å². The van der Waals surface area contributed by atoms with E-state index in [0.29, 0.717) is 5.56 Å². The van der Waals surface area contributed by atoms with Gasteiger partial charge in [0.25, 0.3) is 5.91 Å². The van der Waals surface area contributed by atoms with E-state index in [9.17, 15) is 22.4 Å². The van der Waals surface area contributed by atoms with Crippen molar-refractivity contribution in [3.05, 3.63) is 65.5 Å². The van der Waals surface area contributed by atoms with Crippen molar-refractivity contribution in [1.29, 1.82) is 0 Å². The van der Waals surface area contributed by atoms with Crippen LogP contribution in [0.1, 0.15) is 15.9 Å². The maximum atomic E-state index is 13.0. The van der Waals surface area contributed by atoms with Crippen LogP contribution in [0.5, 0.6) is 0 Å². The summed E-state index contributed by atoms with van der Waals surface area (Å²) in [5, 5.41) is 0. The van der Waals surface area contributed by atoms with Crippen molar-refractivity contribution in [2.24, 2.45) is 0 Å². The molecule has 0 aromatic heterocycles. The number of hydrogen-bond acceptors (Lipinski definition) is 4. The molecular weight excluding hydrogens is 335 g/mol. The van der Waals surface area contributed by atoms with Crippen LogP contribution < -0.4 is 10.9 Å². The number of carbonyl (C=O) groups is 2. The molecule has 0 unspecified atom stereocenters. The second-order valence-electron chi connectivity index (χ2n) is 5.11. The number of hydrogen-bond donors (Lipinski definition) is 2. The summed E-state index contributed by atoms with van der Waals surface area (Å²) in [4.78, 5) is 23.7. The highest BCUT2D eigenvalue weighted by Crippen LogP contribution is 2.10. The third-order valence-corrected chi connectivity index (χ3v) is 4.24. The topological polar surface area (TPSA) is 92.3 Å². The van der Waals surface area contributed by atoms with Crippen LogP contribution >= 0.6 is 0 Å². The van der Waals surface area contributed by atoms with Crippen LogP contribution in [0, 0.1) is 5.82 Å². The minimum atomic E-state index is -3.34. The summed E-state index contributed by atoms with van der Waals surface area (Å²) in [6.45, 7) is 0. The lowest BCUT2D eigenvalue weighted by Crippen LogP contribution is -2.42. The summed E-state index contributed by atoms with van der Waals surface area (Å²) in [5.41, 5.74) is 5.08. The number of hydrazine groups is 1. The van der Waals surface area contributed by atoms with Gasteiger partial charge in [-0.05, 0) is 42.0 Å². The van der Waals surface area contributed by atoms with E-state index in [1.807, 2.05) is 0 Å². The lowest BCUT2D eigenvalue weighted by atomic mass is 10.1. The van der Waals surface area contributed by atoms with Gasteiger partial charge in [0, 0.05) is 11.8 Å². The van der Waals surface area contributed by atoms with Gasteiger partial charge in [-0.1, -0.05) is 12.1 Å². The monoisotopic (exact) mass is 350 g/mol. The zero-order chi connectivity index (χ0) is 17.7. The van der Waals surface area contributed by atoms with E-state index in [0.717, 1.165) is 6.26 Å². The Morgan fingerprint density at radius 1 is 1.04 bits per heavy atom. The molecule has 0 saturated heterocycles. The molecular formula is C16H15FN2O4S. The zero-order valence-corrected chi connectivity index (χ0v) is 13.6. The van der Waals surface area contributed by atoms with Gasteiger partial charge < -0.3 is 0 Å². The SMILES string of the molecule is CS(=O)(=O)c1ccc(C(=O)NNC(=O)Cc2cccc(F)c2)cc1. The molecule has 2 aromatic rings. The minimum Gasteiger partial charge on any atom is -0.273 e. The Hall–Kier alpha value is -2.74. The first-order valence-corrected chi connectivity index (χ1v) is 8.78. The number of benzene rings is 2. The molecule has 0 atom stereocenters. The zero-order valence-electron chi connectivity index (χ0n) is 12.7. The van der Waals surface area contributed by atoms with Crippen LogP contribution in [0.15, 0.2) is 53.4 Å². The van der Waals surface area contributed by atoms with Crippen LogP contribution in [0.4, 0.5) is 4.39 Å². The van der Waals surface area contributed by atoms with Gasteiger partial charge in [-0.25, -0.2) is 12.8 Å². The molecule has 0 aliphatic heterocycles. The fourth-order valence-electron chi connectivity index (χ4n) is 1.93. The standard InChI is InChI=1S/C16H15FN2O4S/c1-24(22,23)14-7-5-12(6-8-14)16(21)19-18-15(20)10-11-3-2-4-13(17)9-11/h2-9H,10H2,1H3,(H,18,20)(H,19,21). The number of sulfone groups is 1. The summed E-state index contributed by atoms with van der Waals surface area (Å²) >= 11 is 0. The highest BCUT2D eigenvalue weighted by molar-refractivity contribution is 7.90. The Labute approximate surface area is 138 Å².